The van der Waals surface area contributed by atoms with Gasteiger partial charge in [0.05, 0.1) is 21.3 Å². The molecular formula is C25H26N4O4. The highest BCUT2D eigenvalue weighted by molar-refractivity contribution is 6.00. The van der Waals surface area contributed by atoms with Crippen LogP contribution in [0.5, 0.6) is 17.2 Å². The third-order valence-corrected chi connectivity index (χ3v) is 6.41. The second kappa shape index (κ2) is 8.27. The van der Waals surface area contributed by atoms with Crippen LogP contribution >= 0.6 is 0 Å². The highest BCUT2D eigenvalue weighted by Crippen LogP contribution is 2.47. The molecule has 1 N–H and O–H groups in total. The van der Waals surface area contributed by atoms with Gasteiger partial charge in [-0.25, -0.2) is 4.68 Å². The van der Waals surface area contributed by atoms with Gasteiger partial charge in [0, 0.05) is 17.7 Å². The summed E-state index contributed by atoms with van der Waals surface area (Å²) in [5.41, 5.74) is 4.78. The number of ether oxygens (including phenoxy) is 3. The first kappa shape index (κ1) is 21.1. The van der Waals surface area contributed by atoms with Crippen LogP contribution in [0.1, 0.15) is 41.5 Å². The van der Waals surface area contributed by atoms with Gasteiger partial charge in [0.15, 0.2) is 17.3 Å². The fourth-order valence-corrected chi connectivity index (χ4v) is 4.78. The van der Waals surface area contributed by atoms with Crippen molar-refractivity contribution in [3.8, 4) is 17.2 Å². The summed E-state index contributed by atoms with van der Waals surface area (Å²) < 4.78 is 18.3. The van der Waals surface area contributed by atoms with E-state index in [2.05, 4.69) is 39.7 Å². The Balaban J connectivity index is 1.57. The lowest BCUT2D eigenvalue weighted by Gasteiger charge is -2.35. The number of benzene rings is 2. The van der Waals surface area contributed by atoms with E-state index in [0.29, 0.717) is 36.0 Å². The van der Waals surface area contributed by atoms with Crippen LogP contribution in [0.15, 0.2) is 54.0 Å². The minimum absolute atomic E-state index is 0.0365. The van der Waals surface area contributed by atoms with E-state index in [9.17, 15) is 4.79 Å². The van der Waals surface area contributed by atoms with Crippen molar-refractivity contribution in [1.29, 1.82) is 0 Å². The maximum Gasteiger partial charge on any atom is 0.226 e. The van der Waals surface area contributed by atoms with E-state index >= 15 is 0 Å². The first-order chi connectivity index (χ1) is 16.0. The first-order valence-electron chi connectivity index (χ1n) is 10.8. The van der Waals surface area contributed by atoms with Gasteiger partial charge in [0.2, 0.25) is 11.7 Å². The molecule has 1 aliphatic heterocycles. The Bertz CT molecular complexity index is 1220. The van der Waals surface area contributed by atoms with Gasteiger partial charge in [-0.2, -0.15) is 10.1 Å². The molecule has 3 aromatic rings. The van der Waals surface area contributed by atoms with E-state index in [1.165, 1.54) is 6.33 Å². The third kappa shape index (κ3) is 3.51. The smallest absolute Gasteiger partial charge is 0.226 e. The van der Waals surface area contributed by atoms with E-state index in [1.54, 1.807) is 26.0 Å². The number of fused-ring (bicyclic) bond motifs is 1. The molecule has 170 valence electrons. The molecule has 2 aromatic carbocycles. The van der Waals surface area contributed by atoms with E-state index < -0.39 is 0 Å². The normalized spacial score (nSPS) is 19.5. The number of ketones is 1. The van der Waals surface area contributed by atoms with Crippen molar-refractivity contribution < 1.29 is 19.0 Å². The number of carbonyl (C=O) groups is 1. The van der Waals surface area contributed by atoms with Gasteiger partial charge in [-0.15, -0.1) is 0 Å². The zero-order valence-corrected chi connectivity index (χ0v) is 19.1. The third-order valence-electron chi connectivity index (χ3n) is 6.41. The summed E-state index contributed by atoms with van der Waals surface area (Å²) in [6, 6.07) is 11.8. The Morgan fingerprint density at radius 3 is 2.30 bits per heavy atom. The summed E-state index contributed by atoms with van der Waals surface area (Å²) in [7, 11) is 4.76. The number of nitrogens with zero attached hydrogens (tertiary/aromatic N) is 3. The molecule has 1 aromatic heterocycles. The summed E-state index contributed by atoms with van der Waals surface area (Å²) in [6.45, 7) is 2.05. The molecule has 5 rings (SSSR count). The number of carbonyl (C=O) groups excluding carboxylic acids is 1. The van der Waals surface area contributed by atoms with Gasteiger partial charge in [-0.1, -0.05) is 29.8 Å². The SMILES string of the molecule is COc1cc([C@H]2CC(=O)C3=C(C2)Nc2ncnn2[C@@H]3c2ccc(C)cc2)cc(OC)c1OC. The number of aryl methyl sites for hydroxylation is 1. The molecule has 0 spiro atoms. The Morgan fingerprint density at radius 2 is 1.67 bits per heavy atom. The lowest BCUT2D eigenvalue weighted by atomic mass is 9.77. The molecule has 2 aliphatic rings. The van der Waals surface area contributed by atoms with Crippen molar-refractivity contribution in [3.63, 3.8) is 0 Å². The Kier molecular flexibility index (Phi) is 5.28. The van der Waals surface area contributed by atoms with Crippen LogP contribution in [0.2, 0.25) is 0 Å². The molecular weight excluding hydrogens is 420 g/mol. The number of rotatable bonds is 5. The Morgan fingerprint density at radius 1 is 0.970 bits per heavy atom. The predicted octanol–water partition coefficient (Wildman–Crippen LogP) is 4.03. The lowest BCUT2D eigenvalue weighted by molar-refractivity contribution is -0.116. The molecule has 1 aliphatic carbocycles. The number of hydrogen-bond acceptors (Lipinski definition) is 7. The molecule has 2 atom stereocenters. The van der Waals surface area contributed by atoms with Crippen molar-refractivity contribution >= 4 is 11.7 Å². The van der Waals surface area contributed by atoms with Crippen LogP contribution in [0.3, 0.4) is 0 Å². The van der Waals surface area contributed by atoms with Gasteiger partial charge >= 0.3 is 0 Å². The van der Waals surface area contributed by atoms with E-state index in [4.69, 9.17) is 14.2 Å². The molecule has 0 saturated heterocycles. The van der Waals surface area contributed by atoms with Crippen molar-refractivity contribution in [2.24, 2.45) is 0 Å². The minimum atomic E-state index is -0.298. The van der Waals surface area contributed by atoms with Gasteiger partial charge in [0.25, 0.3) is 0 Å². The summed E-state index contributed by atoms with van der Waals surface area (Å²) in [6.07, 6.45) is 2.56. The average molecular weight is 447 g/mol. The molecule has 0 fully saturated rings. The Hall–Kier alpha value is -3.81. The van der Waals surface area contributed by atoms with Gasteiger partial charge < -0.3 is 19.5 Å². The van der Waals surface area contributed by atoms with Crippen LogP contribution in [-0.2, 0) is 4.79 Å². The largest absolute Gasteiger partial charge is 0.493 e. The maximum atomic E-state index is 13.6. The van der Waals surface area contributed by atoms with Crippen LogP contribution in [-0.4, -0.2) is 41.9 Å². The van der Waals surface area contributed by atoms with Crippen molar-refractivity contribution in [1.82, 2.24) is 14.8 Å². The molecule has 0 unspecified atom stereocenters. The van der Waals surface area contributed by atoms with Crippen molar-refractivity contribution in [2.45, 2.75) is 31.7 Å². The van der Waals surface area contributed by atoms with Crippen LogP contribution in [0.25, 0.3) is 0 Å². The monoisotopic (exact) mass is 446 g/mol. The van der Waals surface area contributed by atoms with Crippen molar-refractivity contribution in [2.75, 3.05) is 26.6 Å². The predicted molar refractivity (Wildman–Crippen MR) is 123 cm³/mol. The zero-order chi connectivity index (χ0) is 23.1. The lowest BCUT2D eigenvalue weighted by Crippen LogP contribution is -2.33. The summed E-state index contributed by atoms with van der Waals surface area (Å²) in [5, 5.41) is 7.77. The number of anilines is 1. The number of allylic oxidation sites excluding steroid dienone is 2. The topological polar surface area (TPSA) is 87.5 Å². The molecule has 2 heterocycles. The molecule has 8 nitrogen and oxygen atoms in total. The first-order valence-corrected chi connectivity index (χ1v) is 10.8. The number of Topliss-reactive ketones (excluding diaryl/α,β-unsaturated/α-hetero) is 1. The van der Waals surface area contributed by atoms with Crippen LogP contribution < -0.4 is 19.5 Å². The quantitative estimate of drug-likeness (QED) is 0.633. The molecule has 0 saturated carbocycles. The number of aromatic nitrogens is 3. The molecule has 0 amide bonds. The summed E-state index contributed by atoms with van der Waals surface area (Å²) in [4.78, 5) is 18.0. The molecule has 0 radical (unpaired) electrons. The fraction of sp³-hybridized carbons (Fsp3) is 0.320. The fourth-order valence-electron chi connectivity index (χ4n) is 4.78. The van der Waals surface area contributed by atoms with Crippen molar-refractivity contribution in [3.05, 3.63) is 70.7 Å². The van der Waals surface area contributed by atoms with E-state index in [1.807, 2.05) is 19.1 Å². The highest BCUT2D eigenvalue weighted by atomic mass is 16.5. The zero-order valence-electron chi connectivity index (χ0n) is 19.1. The van der Waals surface area contributed by atoms with Crippen LogP contribution in [0, 0.1) is 6.92 Å². The van der Waals surface area contributed by atoms with Gasteiger partial charge in [-0.05, 0) is 42.5 Å². The van der Waals surface area contributed by atoms with Gasteiger partial charge in [-0.3, -0.25) is 4.79 Å². The molecule has 33 heavy (non-hydrogen) atoms. The van der Waals surface area contributed by atoms with E-state index in [-0.39, 0.29) is 17.7 Å². The standard InChI is InChI=1S/C25H26N4O4/c1-14-5-7-15(8-6-14)23-22-18(28-25-26-13-27-29(23)25)9-16(10-19(22)30)17-11-20(31-2)24(33-4)21(12-17)32-3/h5-8,11-13,16,23H,9-10H2,1-4H3,(H,26,27,28)/t16-,23-/m1/s1. The number of hydrogen-bond donors (Lipinski definition) is 1. The average Bonchev–Trinajstić information content (AvgIpc) is 3.30. The van der Waals surface area contributed by atoms with E-state index in [0.717, 1.165) is 28.0 Å². The van der Waals surface area contributed by atoms with Gasteiger partial charge in [0.1, 0.15) is 12.4 Å². The highest BCUT2D eigenvalue weighted by Gasteiger charge is 2.39. The minimum Gasteiger partial charge on any atom is -0.493 e. The second-order valence-electron chi connectivity index (χ2n) is 8.35. The second-order valence-corrected chi connectivity index (χ2v) is 8.35. The molecule has 8 heteroatoms. The number of methoxy groups -OCH3 is 3. The Labute approximate surface area is 192 Å². The van der Waals surface area contributed by atoms with Crippen LogP contribution in [0.4, 0.5) is 5.95 Å². The summed E-state index contributed by atoms with van der Waals surface area (Å²) in [5.74, 6) is 2.38. The maximum absolute atomic E-state index is 13.6. The number of nitrogens with one attached hydrogen (secondary N) is 1. The molecule has 0 bridgehead atoms. The summed E-state index contributed by atoms with van der Waals surface area (Å²) >= 11 is 0.